The Balaban J connectivity index is 3.67. The maximum absolute atomic E-state index is 11.0. The van der Waals surface area contributed by atoms with Crippen LogP contribution >= 0.6 is 0 Å². The summed E-state index contributed by atoms with van der Waals surface area (Å²) < 4.78 is 15.3. The van der Waals surface area contributed by atoms with Crippen molar-refractivity contribution in [3.8, 4) is 0 Å². The molecule has 0 atom stereocenters. The first-order chi connectivity index (χ1) is 7.60. The molecular formula is C10H18O6. The summed E-state index contributed by atoms with van der Waals surface area (Å²) in [6.07, 6.45) is -1.03. The normalized spacial score (nSPS) is 10.7. The molecule has 0 heterocycles. The van der Waals surface area contributed by atoms with Crippen molar-refractivity contribution in [2.24, 2.45) is 0 Å². The summed E-state index contributed by atoms with van der Waals surface area (Å²) in [7, 11) is 0. The highest BCUT2D eigenvalue weighted by Gasteiger charge is 2.11. The fourth-order valence-electron chi connectivity index (χ4n) is 1.00. The van der Waals surface area contributed by atoms with Gasteiger partial charge in [0.05, 0.1) is 6.61 Å². The molecular weight excluding hydrogens is 216 g/mol. The second kappa shape index (κ2) is 9.26. The number of hydrogen-bond acceptors (Lipinski definition) is 5. The predicted octanol–water partition coefficient (Wildman–Crippen LogP) is 0.446. The molecule has 0 amide bonds. The molecule has 0 aliphatic carbocycles. The Labute approximate surface area is 94.5 Å². The van der Waals surface area contributed by atoms with E-state index in [9.17, 15) is 9.59 Å². The van der Waals surface area contributed by atoms with E-state index >= 15 is 0 Å². The lowest BCUT2D eigenvalue weighted by Gasteiger charge is -2.16. The molecule has 0 spiro atoms. The van der Waals surface area contributed by atoms with Crippen LogP contribution in [-0.2, 0) is 23.8 Å². The van der Waals surface area contributed by atoms with Crippen molar-refractivity contribution in [3.05, 3.63) is 0 Å². The van der Waals surface area contributed by atoms with E-state index < -0.39 is 24.5 Å². The highest BCUT2D eigenvalue weighted by molar-refractivity contribution is 5.95. The molecule has 1 N–H and O–H groups in total. The number of hydrogen-bond donors (Lipinski definition) is 1. The second-order valence-corrected chi connectivity index (χ2v) is 2.96. The molecule has 0 aromatic heterocycles. The second-order valence-electron chi connectivity index (χ2n) is 2.96. The Bertz CT molecular complexity index is 209. The van der Waals surface area contributed by atoms with E-state index in [2.05, 4.69) is 0 Å². The summed E-state index contributed by atoms with van der Waals surface area (Å²) in [5.74, 6) is -1.63. The van der Waals surface area contributed by atoms with Crippen LogP contribution in [0.25, 0.3) is 0 Å². The fourth-order valence-corrected chi connectivity index (χ4v) is 1.00. The average Bonchev–Trinajstić information content (AvgIpc) is 2.17. The molecule has 0 fully saturated rings. The number of carboxylic acid groups (broad SMARTS) is 1. The van der Waals surface area contributed by atoms with Gasteiger partial charge in [-0.25, -0.2) is 0 Å². The van der Waals surface area contributed by atoms with E-state index in [1.165, 1.54) is 0 Å². The number of carboxylic acids is 1. The van der Waals surface area contributed by atoms with Crippen molar-refractivity contribution < 1.29 is 28.9 Å². The van der Waals surface area contributed by atoms with Crippen LogP contribution in [0.5, 0.6) is 0 Å². The van der Waals surface area contributed by atoms with Gasteiger partial charge in [0, 0.05) is 13.2 Å². The lowest BCUT2D eigenvalue weighted by atomic mass is 10.3. The molecule has 16 heavy (non-hydrogen) atoms. The molecule has 0 saturated heterocycles. The summed E-state index contributed by atoms with van der Waals surface area (Å²) in [6.45, 7) is 4.49. The molecule has 0 aliphatic rings. The summed E-state index contributed by atoms with van der Waals surface area (Å²) in [5, 5.41) is 8.34. The van der Waals surface area contributed by atoms with Gasteiger partial charge in [-0.2, -0.15) is 0 Å². The summed E-state index contributed by atoms with van der Waals surface area (Å²) in [4.78, 5) is 21.1. The monoisotopic (exact) mass is 234 g/mol. The maximum atomic E-state index is 11.0. The van der Waals surface area contributed by atoms with Crippen LogP contribution in [0.2, 0.25) is 0 Å². The number of carbonyl (C=O) groups is 2. The Morgan fingerprint density at radius 1 is 1.19 bits per heavy atom. The number of rotatable bonds is 10. The van der Waals surface area contributed by atoms with Crippen LogP contribution in [-0.4, -0.2) is 49.6 Å². The van der Waals surface area contributed by atoms with Gasteiger partial charge in [-0.15, -0.1) is 0 Å². The lowest BCUT2D eigenvalue weighted by Crippen LogP contribution is -2.25. The van der Waals surface area contributed by atoms with Crippen molar-refractivity contribution in [3.63, 3.8) is 0 Å². The molecule has 0 unspecified atom stereocenters. The molecule has 0 saturated carbocycles. The molecule has 6 nitrogen and oxygen atoms in total. The van der Waals surface area contributed by atoms with Crippen LogP contribution in [0.1, 0.15) is 20.3 Å². The first-order valence-electron chi connectivity index (χ1n) is 5.14. The van der Waals surface area contributed by atoms with E-state index in [1.807, 2.05) is 13.8 Å². The Morgan fingerprint density at radius 2 is 1.75 bits per heavy atom. The minimum absolute atomic E-state index is 0.118. The summed E-state index contributed by atoms with van der Waals surface area (Å²) in [6, 6.07) is 0. The van der Waals surface area contributed by atoms with E-state index in [4.69, 9.17) is 19.3 Å². The Hall–Kier alpha value is -0.980. The van der Waals surface area contributed by atoms with Crippen LogP contribution in [0.15, 0.2) is 0 Å². The zero-order valence-corrected chi connectivity index (χ0v) is 9.60. The third-order valence-corrected chi connectivity index (χ3v) is 1.57. The van der Waals surface area contributed by atoms with Crippen LogP contribution in [0.4, 0.5) is 0 Å². The molecule has 0 rings (SSSR count). The van der Waals surface area contributed by atoms with Gasteiger partial charge < -0.3 is 19.3 Å². The highest BCUT2D eigenvalue weighted by Crippen LogP contribution is 1.97. The molecule has 94 valence electrons. The Morgan fingerprint density at radius 3 is 2.19 bits per heavy atom. The standard InChI is InChI=1S/C10H18O6/c1-3-15-10(16-4-2)7-14-6-8(11)5-9(12)13/h10H,3-7H2,1-2H3,(H,12,13). The van der Waals surface area contributed by atoms with E-state index in [0.29, 0.717) is 13.2 Å². The average molecular weight is 234 g/mol. The van der Waals surface area contributed by atoms with Gasteiger partial charge in [0.25, 0.3) is 0 Å². The van der Waals surface area contributed by atoms with E-state index in [1.54, 1.807) is 0 Å². The van der Waals surface area contributed by atoms with Gasteiger partial charge in [-0.05, 0) is 13.8 Å². The SMILES string of the molecule is CCOC(COCC(=O)CC(=O)O)OCC. The third-order valence-electron chi connectivity index (χ3n) is 1.57. The smallest absolute Gasteiger partial charge is 0.310 e. The van der Waals surface area contributed by atoms with Gasteiger partial charge in [-0.3, -0.25) is 9.59 Å². The molecule has 0 aromatic carbocycles. The van der Waals surface area contributed by atoms with Gasteiger partial charge in [-0.1, -0.05) is 0 Å². The highest BCUT2D eigenvalue weighted by atomic mass is 16.7. The lowest BCUT2D eigenvalue weighted by molar-refractivity contribution is -0.169. The molecule has 0 aliphatic heterocycles. The molecule has 0 aromatic rings. The van der Waals surface area contributed by atoms with Crippen molar-refractivity contribution >= 4 is 11.8 Å². The van der Waals surface area contributed by atoms with Gasteiger partial charge in [0.2, 0.25) is 0 Å². The van der Waals surface area contributed by atoms with Crippen molar-refractivity contribution in [2.45, 2.75) is 26.6 Å². The van der Waals surface area contributed by atoms with Gasteiger partial charge in [0.15, 0.2) is 12.1 Å². The van der Waals surface area contributed by atoms with Gasteiger partial charge >= 0.3 is 5.97 Å². The predicted molar refractivity (Wildman–Crippen MR) is 55.1 cm³/mol. The topological polar surface area (TPSA) is 82.1 Å². The van der Waals surface area contributed by atoms with E-state index in [-0.39, 0.29) is 13.2 Å². The summed E-state index contributed by atoms with van der Waals surface area (Å²) >= 11 is 0. The molecule has 0 bridgehead atoms. The maximum Gasteiger partial charge on any atom is 0.310 e. The van der Waals surface area contributed by atoms with Crippen LogP contribution < -0.4 is 0 Å². The fraction of sp³-hybridized carbons (Fsp3) is 0.800. The molecule has 6 heteroatoms. The zero-order chi connectivity index (χ0) is 12.4. The number of ether oxygens (including phenoxy) is 3. The van der Waals surface area contributed by atoms with E-state index in [0.717, 1.165) is 0 Å². The zero-order valence-electron chi connectivity index (χ0n) is 9.60. The first-order valence-corrected chi connectivity index (χ1v) is 5.14. The number of aliphatic carboxylic acids is 1. The van der Waals surface area contributed by atoms with Gasteiger partial charge in [0.1, 0.15) is 13.0 Å². The summed E-state index contributed by atoms with van der Waals surface area (Å²) in [5.41, 5.74) is 0. The van der Waals surface area contributed by atoms with Crippen molar-refractivity contribution in [1.29, 1.82) is 0 Å². The minimum atomic E-state index is -1.15. The van der Waals surface area contributed by atoms with Crippen LogP contribution in [0.3, 0.4) is 0 Å². The van der Waals surface area contributed by atoms with Crippen molar-refractivity contribution in [1.82, 2.24) is 0 Å². The molecule has 0 radical (unpaired) electrons. The van der Waals surface area contributed by atoms with Crippen molar-refractivity contribution in [2.75, 3.05) is 26.4 Å². The number of Topliss-reactive ketones (excluding diaryl/α,β-unsaturated/α-hetero) is 1. The first kappa shape index (κ1) is 15.0. The Kier molecular flexibility index (Phi) is 8.69. The number of carbonyl (C=O) groups excluding carboxylic acids is 1. The van der Waals surface area contributed by atoms with Crippen LogP contribution in [0, 0.1) is 0 Å². The largest absolute Gasteiger partial charge is 0.481 e. The number of ketones is 1. The minimum Gasteiger partial charge on any atom is -0.481 e. The third kappa shape index (κ3) is 8.34. The quantitative estimate of drug-likeness (QED) is 0.436.